The number of amides is 1. The van der Waals surface area contributed by atoms with Crippen molar-refractivity contribution < 1.29 is 15.0 Å². The van der Waals surface area contributed by atoms with Gasteiger partial charge in [0.05, 0.1) is 0 Å². The Bertz CT molecular complexity index is 813. The zero-order valence-corrected chi connectivity index (χ0v) is 18.1. The van der Waals surface area contributed by atoms with Gasteiger partial charge in [0.1, 0.15) is 0 Å². The third-order valence-corrected chi connectivity index (χ3v) is 6.15. The molecule has 6 heteroatoms. The Morgan fingerprint density at radius 2 is 1.67 bits per heavy atom. The first-order chi connectivity index (χ1) is 14.3. The van der Waals surface area contributed by atoms with E-state index in [0.717, 1.165) is 43.2 Å². The van der Waals surface area contributed by atoms with E-state index in [1.165, 1.54) is 0 Å². The van der Waals surface area contributed by atoms with E-state index >= 15 is 0 Å². The zero-order chi connectivity index (χ0) is 21.6. The minimum absolute atomic E-state index is 0.00725. The summed E-state index contributed by atoms with van der Waals surface area (Å²) < 4.78 is 0. The Balaban J connectivity index is 1.37. The predicted molar refractivity (Wildman–Crippen MR) is 114 cm³/mol. The lowest BCUT2D eigenvalue weighted by Gasteiger charge is -2.51. The number of carbonyl (C=O) groups is 1. The molecule has 2 N–H and O–H groups in total. The van der Waals surface area contributed by atoms with Crippen molar-refractivity contribution in [3.63, 3.8) is 0 Å². The molecule has 2 aromatic carbocycles. The summed E-state index contributed by atoms with van der Waals surface area (Å²) in [5.41, 5.74) is 2.36. The molecule has 1 saturated carbocycles. The molecule has 30 heavy (non-hydrogen) atoms. The van der Waals surface area contributed by atoms with Crippen LogP contribution in [0.3, 0.4) is 0 Å². The number of nitrogens with one attached hydrogen (secondary N) is 2. The first-order valence-corrected chi connectivity index (χ1v) is 11.0. The standard InChI is InChI=1S/C24H29ClN2O3/c1-17-2-10-21(11-3-17)24(29,30)27-16-19-4-8-20(9-5-19)23(28)26-15-14-18-6-12-22(25)13-7-18/h2-3,6-7,10-13,19-20,27H,4-5,8-9,14-16H2,1H3,(H,26,28)/q-2. The van der Waals surface area contributed by atoms with Crippen LogP contribution >= 0.6 is 11.6 Å². The van der Waals surface area contributed by atoms with Gasteiger partial charge in [0.2, 0.25) is 5.91 Å². The van der Waals surface area contributed by atoms with Gasteiger partial charge in [0, 0.05) is 17.5 Å². The summed E-state index contributed by atoms with van der Waals surface area (Å²) in [6.07, 6.45) is 4.03. The predicted octanol–water partition coefficient (Wildman–Crippen LogP) is 2.23. The van der Waals surface area contributed by atoms with E-state index in [2.05, 4.69) is 10.6 Å². The Morgan fingerprint density at radius 1 is 1.03 bits per heavy atom. The van der Waals surface area contributed by atoms with E-state index in [-0.39, 0.29) is 23.3 Å². The van der Waals surface area contributed by atoms with Gasteiger partial charge in [-0.15, -0.1) is 5.91 Å². The highest BCUT2D eigenvalue weighted by Gasteiger charge is 2.26. The Labute approximate surface area is 183 Å². The van der Waals surface area contributed by atoms with Gasteiger partial charge in [-0.25, -0.2) is 0 Å². The Hall–Kier alpha value is -1.92. The fourth-order valence-electron chi connectivity index (χ4n) is 3.91. The van der Waals surface area contributed by atoms with Crippen molar-refractivity contribution in [3.8, 4) is 0 Å². The average Bonchev–Trinajstić information content (AvgIpc) is 2.74. The summed E-state index contributed by atoms with van der Waals surface area (Å²) in [4.78, 5) is 12.4. The molecule has 0 radical (unpaired) electrons. The van der Waals surface area contributed by atoms with Crippen LogP contribution in [0.2, 0.25) is 5.02 Å². The molecule has 0 saturated heterocycles. The molecule has 1 aliphatic rings. The third-order valence-electron chi connectivity index (χ3n) is 5.90. The maximum Gasteiger partial charge on any atom is 0.223 e. The second kappa shape index (κ2) is 10.4. The number of rotatable bonds is 8. The van der Waals surface area contributed by atoms with Crippen molar-refractivity contribution in [2.45, 2.75) is 44.9 Å². The molecule has 0 heterocycles. The highest BCUT2D eigenvalue weighted by molar-refractivity contribution is 6.30. The van der Waals surface area contributed by atoms with E-state index in [4.69, 9.17) is 11.6 Å². The highest BCUT2D eigenvalue weighted by atomic mass is 35.5. The molecule has 0 unspecified atom stereocenters. The molecule has 162 valence electrons. The van der Waals surface area contributed by atoms with Gasteiger partial charge in [-0.3, -0.25) is 4.79 Å². The van der Waals surface area contributed by atoms with Crippen LogP contribution in [0.1, 0.15) is 42.4 Å². The molecule has 0 atom stereocenters. The maximum absolute atomic E-state index is 12.4. The van der Waals surface area contributed by atoms with Crippen molar-refractivity contribution in [2.24, 2.45) is 11.8 Å². The first kappa shape index (κ1) is 22.8. The summed E-state index contributed by atoms with van der Waals surface area (Å²) in [5.74, 6) is -2.19. The topological polar surface area (TPSA) is 87.2 Å². The van der Waals surface area contributed by atoms with Crippen molar-refractivity contribution >= 4 is 17.5 Å². The molecule has 1 aliphatic carbocycles. The first-order valence-electron chi connectivity index (χ1n) is 10.6. The third kappa shape index (κ3) is 6.54. The van der Waals surface area contributed by atoms with Crippen LogP contribution < -0.4 is 20.8 Å². The van der Waals surface area contributed by atoms with Crippen LogP contribution in [0, 0.1) is 18.8 Å². The van der Waals surface area contributed by atoms with Crippen molar-refractivity contribution in [1.29, 1.82) is 0 Å². The molecule has 3 rings (SSSR count). The van der Waals surface area contributed by atoms with Crippen LogP contribution in [-0.2, 0) is 17.1 Å². The lowest BCUT2D eigenvalue weighted by Crippen LogP contribution is -2.64. The zero-order valence-electron chi connectivity index (χ0n) is 17.3. The van der Waals surface area contributed by atoms with E-state index < -0.39 is 5.91 Å². The number of halogens is 1. The van der Waals surface area contributed by atoms with Gasteiger partial charge < -0.3 is 20.8 Å². The lowest BCUT2D eigenvalue weighted by molar-refractivity contribution is -0.745. The molecule has 0 aliphatic heterocycles. The van der Waals surface area contributed by atoms with Crippen molar-refractivity contribution in [1.82, 2.24) is 10.6 Å². The van der Waals surface area contributed by atoms with E-state index in [9.17, 15) is 15.0 Å². The largest absolute Gasteiger partial charge is 0.848 e. The van der Waals surface area contributed by atoms with E-state index in [1.54, 1.807) is 24.3 Å². The van der Waals surface area contributed by atoms with Crippen LogP contribution in [0.25, 0.3) is 0 Å². The Morgan fingerprint density at radius 3 is 2.30 bits per heavy atom. The van der Waals surface area contributed by atoms with Gasteiger partial charge in [0.25, 0.3) is 0 Å². The number of carbonyl (C=O) groups excluding carboxylic acids is 1. The highest BCUT2D eigenvalue weighted by Crippen LogP contribution is 2.29. The number of hydrogen-bond donors (Lipinski definition) is 2. The van der Waals surface area contributed by atoms with Crippen LogP contribution in [0.4, 0.5) is 0 Å². The Kier molecular flexibility index (Phi) is 7.89. The van der Waals surface area contributed by atoms with Crippen molar-refractivity contribution in [3.05, 3.63) is 70.2 Å². The fraction of sp³-hybridized carbons (Fsp3) is 0.458. The van der Waals surface area contributed by atoms with Gasteiger partial charge in [0.15, 0.2) is 0 Å². The minimum atomic E-state index is -2.54. The summed E-state index contributed by atoms with van der Waals surface area (Å²) in [5, 5.41) is 31.1. The quantitative estimate of drug-likeness (QED) is 0.631. The molecule has 5 nitrogen and oxygen atoms in total. The molecule has 0 spiro atoms. The summed E-state index contributed by atoms with van der Waals surface area (Å²) in [6.45, 7) is 2.90. The molecule has 1 fully saturated rings. The van der Waals surface area contributed by atoms with Crippen LogP contribution in [0.15, 0.2) is 48.5 Å². The number of benzene rings is 2. The average molecular weight is 429 g/mol. The van der Waals surface area contributed by atoms with Gasteiger partial charge >= 0.3 is 0 Å². The van der Waals surface area contributed by atoms with Crippen LogP contribution in [-0.4, -0.2) is 19.0 Å². The number of hydrogen-bond acceptors (Lipinski definition) is 4. The van der Waals surface area contributed by atoms with Gasteiger partial charge in [-0.2, -0.15) is 0 Å². The SMILES string of the molecule is Cc1ccc(C([O-])([O-])NCC2CCC(C(=O)NCCc3ccc(Cl)cc3)CC2)cc1. The van der Waals surface area contributed by atoms with E-state index in [0.29, 0.717) is 18.1 Å². The second-order valence-corrected chi connectivity index (χ2v) is 8.69. The molecular formula is C24H29ClN2O3-2. The normalized spacial score (nSPS) is 19.5. The summed E-state index contributed by atoms with van der Waals surface area (Å²) >= 11 is 5.88. The smallest absolute Gasteiger partial charge is 0.223 e. The summed E-state index contributed by atoms with van der Waals surface area (Å²) in [7, 11) is 0. The monoisotopic (exact) mass is 428 g/mol. The molecule has 2 aromatic rings. The molecule has 0 bridgehead atoms. The maximum atomic E-state index is 12.4. The fourth-order valence-corrected chi connectivity index (χ4v) is 4.03. The lowest BCUT2D eigenvalue weighted by atomic mass is 9.81. The van der Waals surface area contributed by atoms with Crippen molar-refractivity contribution in [2.75, 3.05) is 13.1 Å². The molecule has 1 amide bonds. The van der Waals surface area contributed by atoms with E-state index in [1.807, 2.05) is 31.2 Å². The van der Waals surface area contributed by atoms with Gasteiger partial charge in [-0.05, 0) is 69.2 Å². The molecule has 0 aromatic heterocycles. The molecular weight excluding hydrogens is 400 g/mol. The second-order valence-electron chi connectivity index (χ2n) is 8.25. The van der Waals surface area contributed by atoms with Gasteiger partial charge in [-0.1, -0.05) is 59.1 Å². The minimum Gasteiger partial charge on any atom is -0.848 e. The summed E-state index contributed by atoms with van der Waals surface area (Å²) in [6, 6.07) is 14.4. The number of aryl methyl sites for hydroxylation is 1. The van der Waals surface area contributed by atoms with Crippen LogP contribution in [0.5, 0.6) is 0 Å².